The van der Waals surface area contributed by atoms with E-state index in [0.29, 0.717) is 5.02 Å². The Morgan fingerprint density at radius 3 is 2.60 bits per heavy atom. The Labute approximate surface area is 121 Å². The molecule has 2 aromatic rings. The molecule has 1 fully saturated rings. The number of benzene rings is 2. The van der Waals surface area contributed by atoms with Crippen molar-refractivity contribution >= 4 is 23.2 Å². The second kappa shape index (κ2) is 5.25. The SMILES string of the molecule is O=C(Nc1ccccc1F)C1CC1c1ccccc1Cl. The summed E-state index contributed by atoms with van der Waals surface area (Å²) < 4.78 is 13.5. The van der Waals surface area contributed by atoms with Crippen molar-refractivity contribution in [3.8, 4) is 0 Å². The van der Waals surface area contributed by atoms with E-state index in [4.69, 9.17) is 11.6 Å². The summed E-state index contributed by atoms with van der Waals surface area (Å²) in [5.41, 5.74) is 1.21. The number of carbonyl (C=O) groups is 1. The lowest BCUT2D eigenvalue weighted by atomic mass is 10.1. The summed E-state index contributed by atoms with van der Waals surface area (Å²) in [5.74, 6) is -0.569. The van der Waals surface area contributed by atoms with Gasteiger partial charge in [-0.15, -0.1) is 0 Å². The number of hydrogen-bond acceptors (Lipinski definition) is 1. The van der Waals surface area contributed by atoms with Gasteiger partial charge in [0.15, 0.2) is 0 Å². The minimum atomic E-state index is -0.421. The molecule has 0 radical (unpaired) electrons. The lowest BCUT2D eigenvalue weighted by molar-refractivity contribution is -0.117. The number of halogens is 2. The van der Waals surface area contributed by atoms with E-state index in [-0.39, 0.29) is 23.4 Å². The van der Waals surface area contributed by atoms with Crippen molar-refractivity contribution in [1.29, 1.82) is 0 Å². The molecule has 0 heterocycles. The number of hydrogen-bond donors (Lipinski definition) is 1. The number of carbonyl (C=O) groups excluding carboxylic acids is 1. The van der Waals surface area contributed by atoms with Crippen LogP contribution >= 0.6 is 11.6 Å². The zero-order valence-electron chi connectivity index (χ0n) is 10.6. The van der Waals surface area contributed by atoms with E-state index in [1.807, 2.05) is 24.3 Å². The maximum Gasteiger partial charge on any atom is 0.228 e. The van der Waals surface area contributed by atoms with Crippen molar-refractivity contribution in [2.45, 2.75) is 12.3 Å². The highest BCUT2D eigenvalue weighted by Gasteiger charge is 2.44. The monoisotopic (exact) mass is 289 g/mol. The molecule has 0 bridgehead atoms. The van der Waals surface area contributed by atoms with Crippen LogP contribution in [0, 0.1) is 11.7 Å². The molecule has 4 heteroatoms. The first-order chi connectivity index (χ1) is 9.66. The summed E-state index contributed by atoms with van der Waals surface area (Å²) in [6.07, 6.45) is 0.754. The Kier molecular flexibility index (Phi) is 3.45. The second-order valence-corrected chi connectivity index (χ2v) is 5.35. The highest BCUT2D eigenvalue weighted by Crippen LogP contribution is 2.50. The van der Waals surface area contributed by atoms with Crippen LogP contribution in [0.15, 0.2) is 48.5 Å². The molecular weight excluding hydrogens is 277 g/mol. The fraction of sp³-hybridized carbons (Fsp3) is 0.188. The number of anilines is 1. The van der Waals surface area contributed by atoms with Gasteiger partial charge in [-0.05, 0) is 36.1 Å². The van der Waals surface area contributed by atoms with E-state index in [2.05, 4.69) is 5.32 Å². The van der Waals surface area contributed by atoms with Gasteiger partial charge in [-0.25, -0.2) is 4.39 Å². The zero-order valence-corrected chi connectivity index (χ0v) is 11.4. The second-order valence-electron chi connectivity index (χ2n) is 4.94. The van der Waals surface area contributed by atoms with Gasteiger partial charge >= 0.3 is 0 Å². The molecule has 0 saturated heterocycles. The molecule has 2 unspecified atom stereocenters. The third kappa shape index (κ3) is 2.54. The van der Waals surface area contributed by atoms with Crippen molar-refractivity contribution in [2.75, 3.05) is 5.32 Å². The van der Waals surface area contributed by atoms with E-state index >= 15 is 0 Å². The Morgan fingerprint density at radius 2 is 1.85 bits per heavy atom. The fourth-order valence-corrected chi connectivity index (χ4v) is 2.67. The van der Waals surface area contributed by atoms with Crippen molar-refractivity contribution in [3.63, 3.8) is 0 Å². The first kappa shape index (κ1) is 13.1. The van der Waals surface area contributed by atoms with Gasteiger partial charge < -0.3 is 5.32 Å². The van der Waals surface area contributed by atoms with Crippen molar-refractivity contribution < 1.29 is 9.18 Å². The average molecular weight is 290 g/mol. The summed E-state index contributed by atoms with van der Waals surface area (Å²) in [5, 5.41) is 3.31. The summed E-state index contributed by atoms with van der Waals surface area (Å²) in [6, 6.07) is 13.7. The molecule has 1 saturated carbocycles. The topological polar surface area (TPSA) is 29.1 Å². The van der Waals surface area contributed by atoms with E-state index in [9.17, 15) is 9.18 Å². The molecule has 2 nitrogen and oxygen atoms in total. The van der Waals surface area contributed by atoms with Crippen molar-refractivity contribution in [3.05, 3.63) is 64.9 Å². The van der Waals surface area contributed by atoms with E-state index in [1.54, 1.807) is 18.2 Å². The van der Waals surface area contributed by atoms with Crippen LogP contribution in [0.5, 0.6) is 0 Å². The molecule has 3 rings (SSSR count). The van der Waals surface area contributed by atoms with Crippen molar-refractivity contribution in [1.82, 2.24) is 0 Å². The third-order valence-electron chi connectivity index (χ3n) is 3.56. The molecule has 2 atom stereocenters. The van der Waals surface area contributed by atoms with Crippen LogP contribution in [0.1, 0.15) is 17.9 Å². The molecule has 2 aromatic carbocycles. The molecule has 1 aliphatic rings. The number of para-hydroxylation sites is 1. The fourth-order valence-electron chi connectivity index (χ4n) is 2.39. The normalized spacial score (nSPS) is 20.5. The molecule has 1 N–H and O–H groups in total. The quantitative estimate of drug-likeness (QED) is 0.900. The highest BCUT2D eigenvalue weighted by atomic mass is 35.5. The standard InChI is InChI=1S/C16H13ClFNO/c17-13-6-2-1-5-10(13)11-9-12(11)16(20)19-15-8-4-3-7-14(15)18/h1-8,11-12H,9H2,(H,19,20). The summed E-state index contributed by atoms with van der Waals surface area (Å²) in [6.45, 7) is 0. The van der Waals surface area contributed by atoms with Crippen LogP contribution in [0.2, 0.25) is 5.02 Å². The first-order valence-electron chi connectivity index (χ1n) is 6.46. The molecule has 0 spiro atoms. The summed E-state index contributed by atoms with van der Waals surface area (Å²) >= 11 is 6.12. The largest absolute Gasteiger partial charge is 0.323 e. The predicted molar refractivity (Wildman–Crippen MR) is 77.3 cm³/mol. The third-order valence-corrected chi connectivity index (χ3v) is 3.91. The Balaban J connectivity index is 1.69. The van der Waals surface area contributed by atoms with Crippen LogP contribution in [0.3, 0.4) is 0 Å². The number of amides is 1. The van der Waals surface area contributed by atoms with Gasteiger partial charge in [-0.1, -0.05) is 41.9 Å². The van der Waals surface area contributed by atoms with Gasteiger partial charge in [0.05, 0.1) is 5.69 Å². The highest BCUT2D eigenvalue weighted by molar-refractivity contribution is 6.31. The van der Waals surface area contributed by atoms with Gasteiger partial charge in [-0.2, -0.15) is 0 Å². The Bertz CT molecular complexity index is 658. The lowest BCUT2D eigenvalue weighted by Crippen LogP contribution is -2.15. The van der Waals surface area contributed by atoms with E-state index in [0.717, 1.165) is 12.0 Å². The number of rotatable bonds is 3. The van der Waals surface area contributed by atoms with Crippen molar-refractivity contribution in [2.24, 2.45) is 5.92 Å². The molecule has 20 heavy (non-hydrogen) atoms. The molecule has 1 amide bonds. The molecule has 0 aliphatic heterocycles. The average Bonchev–Trinajstić information content (AvgIpc) is 3.22. The minimum Gasteiger partial charge on any atom is -0.323 e. The van der Waals surface area contributed by atoms with Crippen LogP contribution in [-0.4, -0.2) is 5.91 Å². The van der Waals surface area contributed by atoms with Gasteiger partial charge in [0, 0.05) is 10.9 Å². The zero-order chi connectivity index (χ0) is 14.1. The van der Waals surface area contributed by atoms with Gasteiger partial charge in [0.1, 0.15) is 5.82 Å². The smallest absolute Gasteiger partial charge is 0.228 e. The summed E-state index contributed by atoms with van der Waals surface area (Å²) in [7, 11) is 0. The maximum absolute atomic E-state index is 13.5. The van der Waals surface area contributed by atoms with E-state index < -0.39 is 5.82 Å². The number of nitrogens with one attached hydrogen (secondary N) is 1. The van der Waals surface area contributed by atoms with E-state index in [1.165, 1.54) is 6.07 Å². The molecule has 1 aliphatic carbocycles. The van der Waals surface area contributed by atoms with Crippen LogP contribution in [0.4, 0.5) is 10.1 Å². The minimum absolute atomic E-state index is 0.130. The predicted octanol–water partition coefficient (Wildman–Crippen LogP) is 4.22. The van der Waals surface area contributed by atoms with Crippen LogP contribution in [-0.2, 0) is 4.79 Å². The first-order valence-corrected chi connectivity index (χ1v) is 6.84. The molecule has 102 valence electrons. The molecule has 0 aromatic heterocycles. The van der Waals surface area contributed by atoms with Gasteiger partial charge in [-0.3, -0.25) is 4.79 Å². The maximum atomic E-state index is 13.5. The Morgan fingerprint density at radius 1 is 1.15 bits per heavy atom. The lowest BCUT2D eigenvalue weighted by Gasteiger charge is -2.06. The summed E-state index contributed by atoms with van der Waals surface area (Å²) in [4.78, 5) is 12.1. The molecular formula is C16H13ClFNO. The van der Waals surface area contributed by atoms with Crippen LogP contribution in [0.25, 0.3) is 0 Å². The van der Waals surface area contributed by atoms with Crippen LogP contribution < -0.4 is 5.32 Å². The van der Waals surface area contributed by atoms with Gasteiger partial charge in [0.25, 0.3) is 0 Å². The van der Waals surface area contributed by atoms with Gasteiger partial charge in [0.2, 0.25) is 5.91 Å². The Hall–Kier alpha value is -1.87.